The van der Waals surface area contributed by atoms with Gasteiger partial charge in [-0.2, -0.15) is 5.26 Å². The molecule has 0 aliphatic heterocycles. The molecule has 0 aliphatic rings. The number of benzene rings is 2. The molecule has 2 rings (SSSR count). The Morgan fingerprint density at radius 2 is 1.82 bits per heavy atom. The zero-order chi connectivity index (χ0) is 12.3. The molecule has 0 spiro atoms. The van der Waals surface area contributed by atoms with Crippen molar-refractivity contribution in [3.8, 4) is 17.6 Å². The summed E-state index contributed by atoms with van der Waals surface area (Å²) >= 11 is 5.73. The molecular weight excluding hydrogens is 241 g/mol. The van der Waals surface area contributed by atoms with Gasteiger partial charge in [-0.05, 0) is 36.4 Å². The van der Waals surface area contributed by atoms with Crippen molar-refractivity contribution in [2.45, 2.75) is 0 Å². The lowest BCUT2D eigenvalue weighted by atomic mass is 10.2. The van der Waals surface area contributed by atoms with Crippen molar-refractivity contribution in [1.29, 1.82) is 5.26 Å². The number of rotatable bonds is 2. The fourth-order valence-electron chi connectivity index (χ4n) is 1.30. The molecule has 0 saturated heterocycles. The summed E-state index contributed by atoms with van der Waals surface area (Å²) in [5.41, 5.74) is 0.279. The summed E-state index contributed by atoms with van der Waals surface area (Å²) in [5.74, 6) is 0.235. The molecule has 0 N–H and O–H groups in total. The number of nitrogens with zero attached hydrogens (tertiary/aromatic N) is 1. The van der Waals surface area contributed by atoms with Crippen LogP contribution >= 0.6 is 11.6 Å². The van der Waals surface area contributed by atoms with Crippen LogP contribution in [0.3, 0.4) is 0 Å². The minimum Gasteiger partial charge on any atom is -0.456 e. The van der Waals surface area contributed by atoms with Crippen LogP contribution in [0.5, 0.6) is 11.5 Å². The maximum atomic E-state index is 13.0. The van der Waals surface area contributed by atoms with Gasteiger partial charge in [0.15, 0.2) is 0 Å². The van der Waals surface area contributed by atoms with E-state index in [0.29, 0.717) is 10.8 Å². The molecule has 2 nitrogen and oxygen atoms in total. The smallest absolute Gasteiger partial charge is 0.148 e. The molecule has 2 aromatic rings. The van der Waals surface area contributed by atoms with E-state index in [-0.39, 0.29) is 11.3 Å². The van der Waals surface area contributed by atoms with E-state index in [4.69, 9.17) is 21.6 Å². The average molecular weight is 248 g/mol. The molecule has 17 heavy (non-hydrogen) atoms. The second-order valence-corrected chi connectivity index (χ2v) is 3.74. The molecule has 2 aromatic carbocycles. The van der Waals surface area contributed by atoms with Crippen molar-refractivity contribution in [2.24, 2.45) is 0 Å². The van der Waals surface area contributed by atoms with E-state index in [9.17, 15) is 4.39 Å². The van der Waals surface area contributed by atoms with E-state index >= 15 is 0 Å². The first-order chi connectivity index (χ1) is 8.19. The second-order valence-electron chi connectivity index (χ2n) is 3.31. The first-order valence-electron chi connectivity index (χ1n) is 4.82. The zero-order valence-corrected chi connectivity index (χ0v) is 9.41. The van der Waals surface area contributed by atoms with Gasteiger partial charge in [-0.1, -0.05) is 11.6 Å². The quantitative estimate of drug-likeness (QED) is 0.799. The highest BCUT2D eigenvalue weighted by molar-refractivity contribution is 6.30. The van der Waals surface area contributed by atoms with Crippen molar-refractivity contribution in [1.82, 2.24) is 0 Å². The van der Waals surface area contributed by atoms with Crippen molar-refractivity contribution in [3.05, 3.63) is 58.9 Å². The Balaban J connectivity index is 2.32. The molecule has 84 valence electrons. The van der Waals surface area contributed by atoms with Crippen LogP contribution in [0.4, 0.5) is 4.39 Å². The predicted molar refractivity (Wildman–Crippen MR) is 62.6 cm³/mol. The largest absolute Gasteiger partial charge is 0.456 e. The second kappa shape index (κ2) is 4.86. The van der Waals surface area contributed by atoms with Gasteiger partial charge in [-0.25, -0.2) is 4.39 Å². The zero-order valence-electron chi connectivity index (χ0n) is 8.65. The fourth-order valence-corrected chi connectivity index (χ4v) is 1.43. The van der Waals surface area contributed by atoms with Crippen molar-refractivity contribution in [3.63, 3.8) is 0 Å². The third-order valence-electron chi connectivity index (χ3n) is 2.11. The molecule has 0 bridgehead atoms. The van der Waals surface area contributed by atoms with E-state index in [1.165, 1.54) is 18.2 Å². The Bertz CT molecular complexity index is 575. The highest BCUT2D eigenvalue weighted by Gasteiger charge is 2.06. The summed E-state index contributed by atoms with van der Waals surface area (Å²) in [6, 6.07) is 12.3. The van der Waals surface area contributed by atoms with Crippen LogP contribution in [0.2, 0.25) is 5.02 Å². The maximum absolute atomic E-state index is 13.0. The number of hydrogen-bond donors (Lipinski definition) is 0. The number of hydrogen-bond acceptors (Lipinski definition) is 2. The molecular formula is C13H7ClFNO. The minimum absolute atomic E-state index is 0.190. The van der Waals surface area contributed by atoms with Gasteiger partial charge in [0.05, 0.1) is 5.56 Å². The number of ether oxygens (including phenoxy) is 1. The molecule has 0 aliphatic carbocycles. The van der Waals surface area contributed by atoms with Crippen LogP contribution in [-0.4, -0.2) is 0 Å². The highest BCUT2D eigenvalue weighted by atomic mass is 35.5. The monoisotopic (exact) mass is 247 g/mol. The topological polar surface area (TPSA) is 33.0 Å². The predicted octanol–water partition coefficient (Wildman–Crippen LogP) is 4.14. The van der Waals surface area contributed by atoms with Crippen molar-refractivity contribution >= 4 is 11.6 Å². The van der Waals surface area contributed by atoms with E-state index < -0.39 is 5.82 Å². The SMILES string of the molecule is N#Cc1ccc(F)cc1Oc1ccc(Cl)cc1. The van der Waals surface area contributed by atoms with Gasteiger partial charge in [0, 0.05) is 11.1 Å². The van der Waals surface area contributed by atoms with Crippen LogP contribution < -0.4 is 4.74 Å². The van der Waals surface area contributed by atoms with E-state index in [1.807, 2.05) is 6.07 Å². The number of nitriles is 1. The van der Waals surface area contributed by atoms with Gasteiger partial charge in [-0.3, -0.25) is 0 Å². The van der Waals surface area contributed by atoms with Gasteiger partial charge in [0.25, 0.3) is 0 Å². The summed E-state index contributed by atoms with van der Waals surface area (Å²) in [7, 11) is 0. The van der Waals surface area contributed by atoms with Gasteiger partial charge in [0.1, 0.15) is 23.4 Å². The van der Waals surface area contributed by atoms with E-state index in [2.05, 4.69) is 0 Å². The van der Waals surface area contributed by atoms with Crippen molar-refractivity contribution < 1.29 is 9.13 Å². The lowest BCUT2D eigenvalue weighted by Crippen LogP contribution is -1.89. The number of halogens is 2. The molecule has 0 heterocycles. The molecule has 0 unspecified atom stereocenters. The summed E-state index contributed by atoms with van der Waals surface area (Å²) in [5, 5.41) is 9.44. The summed E-state index contributed by atoms with van der Waals surface area (Å²) in [6.45, 7) is 0. The van der Waals surface area contributed by atoms with Gasteiger partial charge in [-0.15, -0.1) is 0 Å². The molecule has 0 amide bonds. The maximum Gasteiger partial charge on any atom is 0.148 e. The Labute approximate surface area is 103 Å². The molecule has 0 fully saturated rings. The summed E-state index contributed by atoms with van der Waals surface area (Å²) in [4.78, 5) is 0. The third-order valence-corrected chi connectivity index (χ3v) is 2.36. The van der Waals surface area contributed by atoms with Crippen LogP contribution in [-0.2, 0) is 0 Å². The third kappa shape index (κ3) is 2.74. The first-order valence-corrected chi connectivity index (χ1v) is 5.20. The van der Waals surface area contributed by atoms with Gasteiger partial charge < -0.3 is 4.74 Å². The standard InChI is InChI=1S/C13H7ClFNO/c14-10-2-5-12(6-3-10)17-13-7-11(15)4-1-9(13)8-16/h1-7H. The Morgan fingerprint density at radius 1 is 1.12 bits per heavy atom. The summed E-state index contributed by atoms with van der Waals surface area (Å²) < 4.78 is 18.5. The Morgan fingerprint density at radius 3 is 2.47 bits per heavy atom. The fraction of sp³-hybridized carbons (Fsp3) is 0. The van der Waals surface area contributed by atoms with E-state index in [0.717, 1.165) is 0 Å². The van der Waals surface area contributed by atoms with Crippen LogP contribution in [0.15, 0.2) is 42.5 Å². The molecule has 0 aromatic heterocycles. The lowest BCUT2D eigenvalue weighted by molar-refractivity contribution is 0.475. The van der Waals surface area contributed by atoms with Crippen LogP contribution in [0.25, 0.3) is 0 Å². The molecule has 0 atom stereocenters. The lowest BCUT2D eigenvalue weighted by Gasteiger charge is -2.07. The van der Waals surface area contributed by atoms with Gasteiger partial charge in [0.2, 0.25) is 0 Å². The normalized spacial score (nSPS) is 9.71. The molecule has 0 saturated carbocycles. The molecule has 4 heteroatoms. The minimum atomic E-state index is -0.451. The molecule has 0 radical (unpaired) electrons. The van der Waals surface area contributed by atoms with Crippen molar-refractivity contribution in [2.75, 3.05) is 0 Å². The van der Waals surface area contributed by atoms with E-state index in [1.54, 1.807) is 24.3 Å². The highest BCUT2D eigenvalue weighted by Crippen LogP contribution is 2.26. The van der Waals surface area contributed by atoms with Crippen LogP contribution in [0.1, 0.15) is 5.56 Å². The Kier molecular flexibility index (Phi) is 3.27. The first kappa shape index (κ1) is 11.4. The average Bonchev–Trinajstić information content (AvgIpc) is 2.32. The van der Waals surface area contributed by atoms with Gasteiger partial charge >= 0.3 is 0 Å². The summed E-state index contributed by atoms with van der Waals surface area (Å²) in [6.07, 6.45) is 0. The van der Waals surface area contributed by atoms with Crippen LogP contribution in [0, 0.1) is 17.1 Å². The Hall–Kier alpha value is -2.05.